The van der Waals surface area contributed by atoms with Crippen LogP contribution in [0.1, 0.15) is 24.1 Å². The van der Waals surface area contributed by atoms with Gasteiger partial charge in [-0.25, -0.2) is 9.97 Å². The summed E-state index contributed by atoms with van der Waals surface area (Å²) < 4.78 is 37.7. The molecule has 1 atom stereocenters. The van der Waals surface area contributed by atoms with Crippen LogP contribution in [0.5, 0.6) is 0 Å². The van der Waals surface area contributed by atoms with Gasteiger partial charge in [-0.3, -0.25) is 0 Å². The van der Waals surface area contributed by atoms with Crippen LogP contribution in [-0.2, 0) is 6.18 Å². The lowest BCUT2D eigenvalue weighted by Crippen LogP contribution is -2.12. The monoisotopic (exact) mass is 330 g/mol. The molecule has 2 aromatic rings. The molecule has 0 fully saturated rings. The van der Waals surface area contributed by atoms with Crippen molar-refractivity contribution in [3.05, 3.63) is 46.7 Å². The molecule has 0 bridgehead atoms. The third-order valence-electron chi connectivity index (χ3n) is 3.15. The number of anilines is 2. The number of benzene rings is 1. The summed E-state index contributed by atoms with van der Waals surface area (Å²) in [5.74, 6) is 0.00687. The second-order valence-corrected chi connectivity index (χ2v) is 5.01. The molecule has 0 unspecified atom stereocenters. The van der Waals surface area contributed by atoms with E-state index in [9.17, 15) is 13.2 Å². The Morgan fingerprint density at radius 1 is 1.18 bits per heavy atom. The molecule has 1 aromatic heterocycles. The number of alkyl halides is 3. The number of hydrogen-bond acceptors (Lipinski definition) is 4. The van der Waals surface area contributed by atoms with Crippen LogP contribution in [0.4, 0.5) is 24.8 Å². The average molecular weight is 331 g/mol. The lowest BCUT2D eigenvalue weighted by molar-refractivity contribution is -0.137. The van der Waals surface area contributed by atoms with Crippen LogP contribution >= 0.6 is 11.6 Å². The molecule has 0 spiro atoms. The quantitative estimate of drug-likeness (QED) is 0.826. The molecule has 1 aromatic carbocycles. The van der Waals surface area contributed by atoms with Crippen molar-refractivity contribution in [2.24, 2.45) is 0 Å². The predicted molar refractivity (Wildman–Crippen MR) is 79.2 cm³/mol. The highest BCUT2D eigenvalue weighted by Crippen LogP contribution is 2.33. The minimum Gasteiger partial charge on any atom is -0.324 e. The maximum atomic E-state index is 12.6. The largest absolute Gasteiger partial charge is 0.420 e. The van der Waals surface area contributed by atoms with Gasteiger partial charge in [0.2, 0.25) is 5.95 Å². The second-order valence-electron chi connectivity index (χ2n) is 4.65. The lowest BCUT2D eigenvalue weighted by Gasteiger charge is -2.12. The van der Waals surface area contributed by atoms with E-state index in [2.05, 4.69) is 20.6 Å². The summed E-state index contributed by atoms with van der Waals surface area (Å²) in [4.78, 5) is 7.26. The Kier molecular flexibility index (Phi) is 4.87. The molecule has 0 saturated heterocycles. The third-order valence-corrected chi connectivity index (χ3v) is 3.44. The molecule has 2 N–H and O–H groups in total. The molecular weight excluding hydrogens is 317 g/mol. The summed E-state index contributed by atoms with van der Waals surface area (Å²) in [6.07, 6.45) is -3.91. The molecule has 22 heavy (non-hydrogen) atoms. The van der Waals surface area contributed by atoms with Crippen molar-refractivity contribution in [3.8, 4) is 0 Å². The Bertz CT molecular complexity index is 644. The zero-order chi connectivity index (χ0) is 16.3. The third kappa shape index (κ3) is 3.86. The van der Waals surface area contributed by atoms with E-state index in [0.29, 0.717) is 11.9 Å². The van der Waals surface area contributed by atoms with Crippen molar-refractivity contribution in [2.45, 2.75) is 19.1 Å². The maximum absolute atomic E-state index is 12.6. The molecule has 1 heterocycles. The van der Waals surface area contributed by atoms with Gasteiger partial charge in [0.1, 0.15) is 10.7 Å². The van der Waals surface area contributed by atoms with Gasteiger partial charge in [0.05, 0.1) is 0 Å². The summed E-state index contributed by atoms with van der Waals surface area (Å²) in [5.41, 5.74) is 0.681. The van der Waals surface area contributed by atoms with Gasteiger partial charge in [-0.2, -0.15) is 13.2 Å². The van der Waals surface area contributed by atoms with Crippen molar-refractivity contribution in [3.63, 3.8) is 0 Å². The molecule has 0 radical (unpaired) electrons. The van der Waals surface area contributed by atoms with E-state index in [-0.39, 0.29) is 12.0 Å². The number of nitrogens with one attached hydrogen (secondary N) is 2. The van der Waals surface area contributed by atoms with Gasteiger partial charge >= 0.3 is 6.18 Å². The van der Waals surface area contributed by atoms with E-state index in [0.717, 1.165) is 5.56 Å². The average Bonchev–Trinajstić information content (AvgIpc) is 2.46. The van der Waals surface area contributed by atoms with Gasteiger partial charge in [-0.05, 0) is 31.7 Å². The minimum absolute atomic E-state index is 0.00687. The van der Waals surface area contributed by atoms with Gasteiger partial charge in [0, 0.05) is 17.9 Å². The molecule has 8 heteroatoms. The van der Waals surface area contributed by atoms with E-state index in [1.165, 1.54) is 0 Å². The van der Waals surface area contributed by atoms with Gasteiger partial charge in [0.25, 0.3) is 0 Å². The molecule has 0 aliphatic carbocycles. The number of aromatic nitrogens is 2. The first-order valence-corrected chi connectivity index (χ1v) is 6.83. The van der Waals surface area contributed by atoms with Crippen molar-refractivity contribution in [1.82, 2.24) is 15.3 Å². The van der Waals surface area contributed by atoms with Crippen LogP contribution in [0.2, 0.25) is 5.15 Å². The van der Waals surface area contributed by atoms with E-state index in [1.54, 1.807) is 12.1 Å². The first-order chi connectivity index (χ1) is 10.3. The summed E-state index contributed by atoms with van der Waals surface area (Å²) in [6.45, 7) is 2.02. The minimum atomic E-state index is -4.57. The molecule has 118 valence electrons. The summed E-state index contributed by atoms with van der Waals surface area (Å²) >= 11 is 5.55. The number of rotatable bonds is 4. The van der Waals surface area contributed by atoms with Crippen molar-refractivity contribution < 1.29 is 13.2 Å². The van der Waals surface area contributed by atoms with Crippen LogP contribution in [-0.4, -0.2) is 17.0 Å². The van der Waals surface area contributed by atoms with Gasteiger partial charge in [0.15, 0.2) is 0 Å². The summed E-state index contributed by atoms with van der Waals surface area (Å²) in [7, 11) is 1.86. The molecule has 0 saturated carbocycles. The van der Waals surface area contributed by atoms with Crippen LogP contribution in [0.25, 0.3) is 0 Å². The topological polar surface area (TPSA) is 49.8 Å². The SMILES string of the molecule is CN[C@H](C)c1ccc(Nc2ncc(C(F)(F)F)c(Cl)n2)cc1. The second kappa shape index (κ2) is 6.50. The highest BCUT2D eigenvalue weighted by atomic mass is 35.5. The summed E-state index contributed by atoms with van der Waals surface area (Å²) in [5, 5.41) is 5.29. The van der Waals surface area contributed by atoms with Crippen molar-refractivity contribution >= 4 is 23.2 Å². The molecule has 2 rings (SSSR count). The van der Waals surface area contributed by atoms with Crippen LogP contribution in [0.15, 0.2) is 30.5 Å². The zero-order valence-electron chi connectivity index (χ0n) is 11.9. The van der Waals surface area contributed by atoms with Crippen molar-refractivity contribution in [1.29, 1.82) is 0 Å². The zero-order valence-corrected chi connectivity index (χ0v) is 12.6. The lowest BCUT2D eigenvalue weighted by atomic mass is 10.1. The van der Waals surface area contributed by atoms with Gasteiger partial charge in [-0.1, -0.05) is 23.7 Å². The number of hydrogen-bond donors (Lipinski definition) is 2. The van der Waals surface area contributed by atoms with E-state index < -0.39 is 16.9 Å². The molecular formula is C14H14ClF3N4. The summed E-state index contributed by atoms with van der Waals surface area (Å²) in [6, 6.07) is 7.58. The maximum Gasteiger partial charge on any atom is 0.420 e. The highest BCUT2D eigenvalue weighted by molar-refractivity contribution is 6.30. The fourth-order valence-electron chi connectivity index (χ4n) is 1.76. The molecule has 0 amide bonds. The fraction of sp³-hybridized carbons (Fsp3) is 0.286. The smallest absolute Gasteiger partial charge is 0.324 e. The van der Waals surface area contributed by atoms with Crippen LogP contribution in [0.3, 0.4) is 0 Å². The fourth-order valence-corrected chi connectivity index (χ4v) is 2.00. The highest BCUT2D eigenvalue weighted by Gasteiger charge is 2.34. The van der Waals surface area contributed by atoms with Gasteiger partial charge in [-0.15, -0.1) is 0 Å². The first-order valence-electron chi connectivity index (χ1n) is 6.45. The Labute approximate surface area is 130 Å². The predicted octanol–water partition coefficient (Wildman–Crippen LogP) is 4.17. The van der Waals surface area contributed by atoms with E-state index in [1.807, 2.05) is 26.1 Å². The standard InChI is InChI=1S/C14H14ClF3N4/c1-8(19-2)9-3-5-10(6-4-9)21-13-20-7-11(12(15)22-13)14(16,17)18/h3-8,19H,1-2H3,(H,20,21,22)/t8-/m1/s1. The normalized spacial score (nSPS) is 13.0. The molecule has 4 nitrogen and oxygen atoms in total. The Morgan fingerprint density at radius 2 is 1.82 bits per heavy atom. The molecule has 0 aliphatic rings. The molecule has 0 aliphatic heterocycles. The Balaban J connectivity index is 2.16. The van der Waals surface area contributed by atoms with E-state index in [4.69, 9.17) is 11.6 Å². The first kappa shape index (κ1) is 16.5. The number of halogens is 4. The van der Waals surface area contributed by atoms with Crippen molar-refractivity contribution in [2.75, 3.05) is 12.4 Å². The van der Waals surface area contributed by atoms with Crippen LogP contribution < -0.4 is 10.6 Å². The van der Waals surface area contributed by atoms with Crippen LogP contribution in [0, 0.1) is 0 Å². The van der Waals surface area contributed by atoms with E-state index >= 15 is 0 Å². The Morgan fingerprint density at radius 3 is 2.32 bits per heavy atom. The van der Waals surface area contributed by atoms with Gasteiger partial charge < -0.3 is 10.6 Å². The Hall–Kier alpha value is -1.86. The number of nitrogens with zero attached hydrogens (tertiary/aromatic N) is 2.